The number of carbonyl (C=O) groups is 2. The van der Waals surface area contributed by atoms with Crippen LogP contribution in [0.3, 0.4) is 0 Å². The Balaban J connectivity index is 2.27. The summed E-state index contributed by atoms with van der Waals surface area (Å²) >= 11 is 0. The lowest BCUT2D eigenvalue weighted by atomic mass is 10.1. The largest absolute Gasteiger partial charge is 0.379 e. The first-order valence-corrected chi connectivity index (χ1v) is 14.9. The molecule has 0 bridgehead atoms. The lowest BCUT2D eigenvalue weighted by molar-refractivity contribution is -0.904. The van der Waals surface area contributed by atoms with Gasteiger partial charge in [-0.15, -0.1) is 0 Å². The van der Waals surface area contributed by atoms with Crippen LogP contribution in [0, 0.1) is 0 Å². The van der Waals surface area contributed by atoms with Crippen molar-refractivity contribution in [3.05, 3.63) is 35.4 Å². The highest BCUT2D eigenvalue weighted by Gasteiger charge is 2.18. The molecule has 0 aliphatic heterocycles. The Morgan fingerprint density at radius 3 is 1.68 bits per heavy atom. The molecule has 0 unspecified atom stereocenters. The van der Waals surface area contributed by atoms with Gasteiger partial charge in [0.1, 0.15) is 26.3 Å². The molecule has 1 amide bonds. The highest BCUT2D eigenvalue weighted by Crippen LogP contribution is 2.15. The Bertz CT molecular complexity index is 747. The van der Waals surface area contributed by atoms with E-state index >= 15 is 0 Å². The van der Waals surface area contributed by atoms with Crippen LogP contribution in [0.1, 0.15) is 50.7 Å². The molecule has 40 heavy (non-hydrogen) atoms. The summed E-state index contributed by atoms with van der Waals surface area (Å²) in [6, 6.07) is 8.95. The molecule has 0 radical (unpaired) electrons. The molecule has 0 aliphatic rings. The minimum Gasteiger partial charge on any atom is -0.379 e. The maximum absolute atomic E-state index is 12.0. The van der Waals surface area contributed by atoms with Gasteiger partial charge in [0.25, 0.3) is 0 Å². The number of benzene rings is 1. The molecule has 1 rings (SSSR count). The van der Waals surface area contributed by atoms with Crippen LogP contribution in [0.4, 0.5) is 0 Å². The van der Waals surface area contributed by atoms with E-state index in [2.05, 4.69) is 57.8 Å². The fraction of sp³-hybridized carbons (Fsp3) is 0.742. The Kier molecular flexibility index (Phi) is 18.9. The zero-order valence-electron chi connectivity index (χ0n) is 26.2. The number of Topliss-reactive ketones (excluding diaryl/α,β-unsaturated/α-hetero) is 1. The van der Waals surface area contributed by atoms with Crippen molar-refractivity contribution in [3.8, 4) is 0 Å². The van der Waals surface area contributed by atoms with Gasteiger partial charge in [0.15, 0.2) is 5.78 Å². The Morgan fingerprint density at radius 1 is 0.675 bits per heavy atom. The van der Waals surface area contributed by atoms with E-state index in [1.54, 1.807) is 0 Å². The van der Waals surface area contributed by atoms with Crippen LogP contribution < -0.4 is 5.32 Å². The molecule has 0 saturated carbocycles. The van der Waals surface area contributed by atoms with Crippen LogP contribution in [-0.4, -0.2) is 121 Å². The number of nitrogens with zero attached hydrogens (tertiary/aromatic N) is 2. The van der Waals surface area contributed by atoms with Crippen molar-refractivity contribution in [2.24, 2.45) is 0 Å². The van der Waals surface area contributed by atoms with E-state index in [-0.39, 0.29) is 24.9 Å². The summed E-state index contributed by atoms with van der Waals surface area (Å²) in [7, 11) is 8.95. The fourth-order valence-corrected chi connectivity index (χ4v) is 4.49. The second-order valence-electron chi connectivity index (χ2n) is 11.6. The van der Waals surface area contributed by atoms with Crippen LogP contribution in [0.2, 0.25) is 0 Å². The van der Waals surface area contributed by atoms with E-state index in [0.717, 1.165) is 54.4 Å². The van der Waals surface area contributed by atoms with Crippen molar-refractivity contribution in [1.29, 1.82) is 0 Å². The maximum atomic E-state index is 12.0. The average molecular weight is 568 g/mol. The number of quaternary nitrogens is 2. The van der Waals surface area contributed by atoms with Crippen molar-refractivity contribution in [2.45, 2.75) is 52.6 Å². The van der Waals surface area contributed by atoms with Crippen molar-refractivity contribution < 1.29 is 37.5 Å². The number of rotatable bonds is 25. The van der Waals surface area contributed by atoms with E-state index < -0.39 is 0 Å². The molecular weight excluding hydrogens is 510 g/mol. The van der Waals surface area contributed by atoms with Gasteiger partial charge in [-0.2, -0.15) is 0 Å². The minimum absolute atomic E-state index is 0.0779. The number of hydrogen-bond donors (Lipinski definition) is 1. The summed E-state index contributed by atoms with van der Waals surface area (Å²) in [6.07, 6.45) is 3.40. The molecule has 1 aromatic carbocycles. The number of ketones is 1. The molecule has 0 aromatic heterocycles. The van der Waals surface area contributed by atoms with E-state index in [9.17, 15) is 9.59 Å². The van der Waals surface area contributed by atoms with Crippen LogP contribution in [0.25, 0.3) is 0 Å². The summed E-state index contributed by atoms with van der Waals surface area (Å²) in [5.41, 5.74) is 2.64. The van der Waals surface area contributed by atoms with E-state index in [1.807, 2.05) is 13.8 Å². The first kappa shape index (κ1) is 36.1. The van der Waals surface area contributed by atoms with E-state index in [4.69, 9.17) is 18.9 Å². The zero-order valence-corrected chi connectivity index (χ0v) is 26.2. The van der Waals surface area contributed by atoms with Gasteiger partial charge in [-0.3, -0.25) is 9.59 Å². The molecule has 0 heterocycles. The smallest absolute Gasteiger partial charge is 0.246 e. The number of hydrogen-bond acceptors (Lipinski definition) is 6. The molecule has 230 valence electrons. The molecule has 0 spiro atoms. The summed E-state index contributed by atoms with van der Waals surface area (Å²) in [4.78, 5) is 23.9. The van der Waals surface area contributed by atoms with Gasteiger partial charge in [-0.05, 0) is 26.7 Å². The zero-order chi connectivity index (χ0) is 29.7. The second kappa shape index (κ2) is 20.9. The van der Waals surface area contributed by atoms with E-state index in [0.29, 0.717) is 52.6 Å². The minimum atomic E-state index is -0.0779. The van der Waals surface area contributed by atoms with Gasteiger partial charge in [0.05, 0.1) is 67.7 Å². The SMILES string of the molecule is CCOCCOCC(=O)CCCC[N+](C)(C)Cc1ccc(C[N+](C)(C)CCCNC(=O)COCCOCC)cc1. The first-order valence-electron chi connectivity index (χ1n) is 14.9. The van der Waals surface area contributed by atoms with Crippen LogP contribution in [0.15, 0.2) is 24.3 Å². The summed E-state index contributed by atoms with van der Waals surface area (Å²) < 4.78 is 22.8. The average Bonchev–Trinajstić information content (AvgIpc) is 2.90. The molecule has 1 aromatic rings. The monoisotopic (exact) mass is 567 g/mol. The summed E-state index contributed by atoms with van der Waals surface area (Å²) in [6.45, 7) is 12.0. The third-order valence-electron chi connectivity index (χ3n) is 6.62. The van der Waals surface area contributed by atoms with Gasteiger partial charge < -0.3 is 33.2 Å². The topological polar surface area (TPSA) is 83.1 Å². The predicted octanol–water partition coefficient (Wildman–Crippen LogP) is 3.19. The highest BCUT2D eigenvalue weighted by atomic mass is 16.5. The molecule has 9 heteroatoms. The number of carbonyl (C=O) groups excluding carboxylic acids is 2. The normalized spacial score (nSPS) is 12.1. The van der Waals surface area contributed by atoms with Gasteiger partial charge in [-0.1, -0.05) is 24.3 Å². The van der Waals surface area contributed by atoms with Crippen LogP contribution in [0.5, 0.6) is 0 Å². The Morgan fingerprint density at radius 2 is 1.15 bits per heavy atom. The van der Waals surface area contributed by atoms with Crippen molar-refractivity contribution in [3.63, 3.8) is 0 Å². The fourth-order valence-electron chi connectivity index (χ4n) is 4.49. The van der Waals surface area contributed by atoms with Gasteiger partial charge in [0, 0.05) is 43.7 Å². The predicted molar refractivity (Wildman–Crippen MR) is 159 cm³/mol. The molecule has 1 N–H and O–H groups in total. The lowest BCUT2D eigenvalue weighted by Crippen LogP contribution is -2.41. The Labute approximate surface area is 243 Å². The first-order chi connectivity index (χ1) is 19.1. The molecular formula is C31H57N3O6+2. The highest BCUT2D eigenvalue weighted by molar-refractivity contribution is 5.79. The third kappa shape index (κ3) is 19.2. The van der Waals surface area contributed by atoms with Gasteiger partial charge >= 0.3 is 0 Å². The van der Waals surface area contributed by atoms with Crippen molar-refractivity contribution >= 4 is 11.7 Å². The van der Waals surface area contributed by atoms with Crippen LogP contribution in [-0.2, 0) is 41.6 Å². The maximum Gasteiger partial charge on any atom is 0.246 e. The van der Waals surface area contributed by atoms with Gasteiger partial charge in [0.2, 0.25) is 5.91 Å². The van der Waals surface area contributed by atoms with E-state index in [1.165, 1.54) is 11.1 Å². The summed E-state index contributed by atoms with van der Waals surface area (Å²) in [5, 5.41) is 2.93. The number of amides is 1. The molecule has 9 nitrogen and oxygen atoms in total. The van der Waals surface area contributed by atoms with Crippen molar-refractivity contribution in [2.75, 3.05) is 101 Å². The number of nitrogens with one attached hydrogen (secondary N) is 1. The quantitative estimate of drug-likeness (QED) is 0.144. The molecule has 0 saturated heterocycles. The van der Waals surface area contributed by atoms with Crippen LogP contribution >= 0.6 is 0 Å². The summed E-state index contributed by atoms with van der Waals surface area (Å²) in [5.74, 6) is 0.0908. The molecule has 0 aliphatic carbocycles. The number of unbranched alkanes of at least 4 members (excludes halogenated alkanes) is 1. The van der Waals surface area contributed by atoms with Gasteiger partial charge in [-0.25, -0.2) is 0 Å². The third-order valence-corrected chi connectivity index (χ3v) is 6.62. The second-order valence-corrected chi connectivity index (χ2v) is 11.6. The lowest BCUT2D eigenvalue weighted by Gasteiger charge is -2.31. The standard InChI is InChI=1S/C31H56N3O6/c1-7-37-20-22-39-26-30(35)12-9-10-18-33(3,4)24-28-13-15-29(16-14-28)25-34(5,6)19-11-17-32-31(36)27-40-23-21-38-8-2/h13-16H,7-12,17-27H2,1-6H3/q+1/p+1. The number of ether oxygens (including phenoxy) is 4. The molecule has 0 fully saturated rings. The van der Waals surface area contributed by atoms with Crippen molar-refractivity contribution in [1.82, 2.24) is 5.32 Å². The molecule has 0 atom stereocenters. The Hall–Kier alpha value is -1.88.